The molecule has 0 spiro atoms. The van der Waals surface area contributed by atoms with Crippen molar-refractivity contribution in [3.05, 3.63) is 30.3 Å². The minimum Gasteiger partial charge on any atom is -0.359 e. The van der Waals surface area contributed by atoms with Crippen molar-refractivity contribution in [2.24, 2.45) is 0 Å². The van der Waals surface area contributed by atoms with Crippen LogP contribution >= 0.6 is 0 Å². The van der Waals surface area contributed by atoms with E-state index >= 15 is 0 Å². The van der Waals surface area contributed by atoms with E-state index in [2.05, 4.69) is 42.2 Å². The van der Waals surface area contributed by atoms with Gasteiger partial charge < -0.3 is 9.64 Å². The van der Waals surface area contributed by atoms with E-state index in [1.165, 1.54) is 12.1 Å². The minimum atomic E-state index is 0.294. The van der Waals surface area contributed by atoms with Crippen molar-refractivity contribution in [2.75, 3.05) is 18.1 Å². The molecule has 2 rings (SSSR count). The Labute approximate surface area is 85.5 Å². The maximum absolute atomic E-state index is 5.70. The third-order valence-electron chi connectivity index (χ3n) is 2.64. The predicted octanol–water partition coefficient (Wildman–Crippen LogP) is 2.65. The first kappa shape index (κ1) is 9.53. The molecule has 0 bridgehead atoms. The Morgan fingerprint density at radius 3 is 2.86 bits per heavy atom. The first-order valence-corrected chi connectivity index (χ1v) is 5.35. The summed E-state index contributed by atoms with van der Waals surface area (Å²) in [6.45, 7) is 3.98. The van der Waals surface area contributed by atoms with Crippen LogP contribution in [0.3, 0.4) is 0 Å². The zero-order chi connectivity index (χ0) is 9.80. The SMILES string of the molecule is CCOC1CCCN1c1ccccc1. The molecule has 1 heterocycles. The van der Waals surface area contributed by atoms with Crippen LogP contribution in [0.25, 0.3) is 0 Å². The van der Waals surface area contributed by atoms with Gasteiger partial charge in [-0.25, -0.2) is 0 Å². The smallest absolute Gasteiger partial charge is 0.130 e. The lowest BCUT2D eigenvalue weighted by Gasteiger charge is -2.26. The molecule has 1 unspecified atom stereocenters. The van der Waals surface area contributed by atoms with Gasteiger partial charge in [-0.1, -0.05) is 18.2 Å². The monoisotopic (exact) mass is 191 g/mol. The highest BCUT2D eigenvalue weighted by Crippen LogP contribution is 2.25. The molecule has 1 fully saturated rings. The molecule has 0 radical (unpaired) electrons. The number of anilines is 1. The largest absolute Gasteiger partial charge is 0.359 e. The first-order valence-electron chi connectivity index (χ1n) is 5.35. The topological polar surface area (TPSA) is 12.5 Å². The van der Waals surface area contributed by atoms with E-state index in [0.717, 1.165) is 19.6 Å². The van der Waals surface area contributed by atoms with Gasteiger partial charge in [0.15, 0.2) is 0 Å². The lowest BCUT2D eigenvalue weighted by molar-refractivity contribution is 0.0706. The zero-order valence-corrected chi connectivity index (χ0v) is 8.65. The molecule has 0 N–H and O–H groups in total. The second-order valence-electron chi connectivity index (χ2n) is 3.58. The molecule has 1 atom stereocenters. The molecule has 1 aliphatic rings. The highest BCUT2D eigenvalue weighted by Gasteiger charge is 2.24. The Balaban J connectivity index is 2.10. The van der Waals surface area contributed by atoms with Gasteiger partial charge in [0, 0.05) is 18.8 Å². The molecule has 14 heavy (non-hydrogen) atoms. The fraction of sp³-hybridized carbons (Fsp3) is 0.500. The van der Waals surface area contributed by atoms with Crippen LogP contribution in [0.4, 0.5) is 5.69 Å². The van der Waals surface area contributed by atoms with Crippen LogP contribution in [0.15, 0.2) is 30.3 Å². The van der Waals surface area contributed by atoms with Crippen LogP contribution < -0.4 is 4.90 Å². The van der Waals surface area contributed by atoms with Crippen LogP contribution in [0.2, 0.25) is 0 Å². The molecule has 2 heteroatoms. The van der Waals surface area contributed by atoms with Gasteiger partial charge in [0.05, 0.1) is 0 Å². The summed E-state index contributed by atoms with van der Waals surface area (Å²) >= 11 is 0. The van der Waals surface area contributed by atoms with Crippen molar-refractivity contribution in [1.82, 2.24) is 0 Å². The quantitative estimate of drug-likeness (QED) is 0.728. The molecule has 0 amide bonds. The number of hydrogen-bond acceptors (Lipinski definition) is 2. The highest BCUT2D eigenvalue weighted by atomic mass is 16.5. The van der Waals surface area contributed by atoms with E-state index < -0.39 is 0 Å². The number of para-hydroxylation sites is 1. The van der Waals surface area contributed by atoms with Gasteiger partial charge in [0.1, 0.15) is 6.23 Å². The van der Waals surface area contributed by atoms with Crippen molar-refractivity contribution >= 4 is 5.69 Å². The molecule has 0 saturated carbocycles. The van der Waals surface area contributed by atoms with Gasteiger partial charge in [0.25, 0.3) is 0 Å². The zero-order valence-electron chi connectivity index (χ0n) is 8.65. The molecular formula is C12H17NO. The molecule has 0 aromatic heterocycles. The summed E-state index contributed by atoms with van der Waals surface area (Å²) in [4.78, 5) is 2.35. The Kier molecular flexibility index (Phi) is 3.04. The van der Waals surface area contributed by atoms with Gasteiger partial charge in [-0.3, -0.25) is 0 Å². The number of rotatable bonds is 3. The van der Waals surface area contributed by atoms with Crippen molar-refractivity contribution < 1.29 is 4.74 Å². The summed E-state index contributed by atoms with van der Waals surface area (Å²) in [5, 5.41) is 0. The van der Waals surface area contributed by atoms with Crippen molar-refractivity contribution in [3.8, 4) is 0 Å². The van der Waals surface area contributed by atoms with Crippen LogP contribution in [0.5, 0.6) is 0 Å². The lowest BCUT2D eigenvalue weighted by Crippen LogP contribution is -2.31. The van der Waals surface area contributed by atoms with Gasteiger partial charge >= 0.3 is 0 Å². The number of benzene rings is 1. The normalized spacial score (nSPS) is 21.5. The van der Waals surface area contributed by atoms with E-state index in [-0.39, 0.29) is 0 Å². The maximum atomic E-state index is 5.70. The molecule has 1 aliphatic heterocycles. The third-order valence-corrected chi connectivity index (χ3v) is 2.64. The standard InChI is InChI=1S/C12H17NO/c1-2-14-12-9-6-10-13(12)11-7-4-3-5-8-11/h3-5,7-8,12H,2,6,9-10H2,1H3. The lowest BCUT2D eigenvalue weighted by atomic mass is 10.3. The van der Waals surface area contributed by atoms with Gasteiger partial charge in [0.2, 0.25) is 0 Å². The van der Waals surface area contributed by atoms with E-state index in [1.54, 1.807) is 0 Å². The second-order valence-corrected chi connectivity index (χ2v) is 3.58. The Morgan fingerprint density at radius 1 is 1.36 bits per heavy atom. The highest BCUT2D eigenvalue weighted by molar-refractivity contribution is 5.47. The van der Waals surface area contributed by atoms with E-state index in [9.17, 15) is 0 Å². The van der Waals surface area contributed by atoms with Crippen LogP contribution in [0.1, 0.15) is 19.8 Å². The predicted molar refractivity (Wildman–Crippen MR) is 58.4 cm³/mol. The average molecular weight is 191 g/mol. The summed E-state index contributed by atoms with van der Waals surface area (Å²) in [5.41, 5.74) is 1.28. The van der Waals surface area contributed by atoms with E-state index in [4.69, 9.17) is 4.74 Å². The molecule has 1 aromatic carbocycles. The van der Waals surface area contributed by atoms with Gasteiger partial charge in [-0.05, 0) is 31.9 Å². The summed E-state index contributed by atoms with van der Waals surface area (Å²) in [5.74, 6) is 0. The average Bonchev–Trinajstić information content (AvgIpc) is 2.68. The Morgan fingerprint density at radius 2 is 2.14 bits per heavy atom. The summed E-state index contributed by atoms with van der Waals surface area (Å²) in [7, 11) is 0. The Bertz CT molecular complexity index is 273. The number of nitrogens with zero attached hydrogens (tertiary/aromatic N) is 1. The third kappa shape index (κ3) is 1.90. The molecular weight excluding hydrogens is 174 g/mol. The molecule has 0 aliphatic carbocycles. The van der Waals surface area contributed by atoms with Gasteiger partial charge in [-0.2, -0.15) is 0 Å². The van der Waals surface area contributed by atoms with Crippen molar-refractivity contribution in [1.29, 1.82) is 0 Å². The van der Waals surface area contributed by atoms with Crippen LogP contribution in [0, 0.1) is 0 Å². The summed E-state index contributed by atoms with van der Waals surface area (Å²) < 4.78 is 5.70. The van der Waals surface area contributed by atoms with Crippen molar-refractivity contribution in [2.45, 2.75) is 26.0 Å². The fourth-order valence-electron chi connectivity index (χ4n) is 2.02. The summed E-state index contributed by atoms with van der Waals surface area (Å²) in [6.07, 6.45) is 2.69. The molecule has 1 saturated heterocycles. The Hall–Kier alpha value is -1.02. The van der Waals surface area contributed by atoms with E-state index in [0.29, 0.717) is 6.23 Å². The van der Waals surface area contributed by atoms with Crippen LogP contribution in [-0.2, 0) is 4.74 Å². The summed E-state index contributed by atoms with van der Waals surface area (Å²) in [6, 6.07) is 10.5. The molecule has 2 nitrogen and oxygen atoms in total. The maximum Gasteiger partial charge on any atom is 0.130 e. The fourth-order valence-corrected chi connectivity index (χ4v) is 2.02. The van der Waals surface area contributed by atoms with Crippen molar-refractivity contribution in [3.63, 3.8) is 0 Å². The van der Waals surface area contributed by atoms with Crippen LogP contribution in [-0.4, -0.2) is 19.4 Å². The van der Waals surface area contributed by atoms with E-state index in [1.807, 2.05) is 0 Å². The first-order chi connectivity index (χ1) is 6.92. The number of ether oxygens (including phenoxy) is 1. The minimum absolute atomic E-state index is 0.294. The molecule has 76 valence electrons. The number of hydrogen-bond donors (Lipinski definition) is 0. The molecule has 1 aromatic rings. The van der Waals surface area contributed by atoms with Gasteiger partial charge in [-0.15, -0.1) is 0 Å². The second kappa shape index (κ2) is 4.47.